The van der Waals surface area contributed by atoms with Crippen LogP contribution in [-0.2, 0) is 19.6 Å². The van der Waals surface area contributed by atoms with Gasteiger partial charge in [0.2, 0.25) is 5.91 Å². The molecule has 0 aliphatic heterocycles. The summed E-state index contributed by atoms with van der Waals surface area (Å²) in [7, 11) is -2.95. The molecule has 3 aromatic carbocycles. The minimum absolute atomic E-state index is 0.00382. The van der Waals surface area contributed by atoms with E-state index in [1.165, 1.54) is 49.2 Å². The number of ether oxygens (including phenoxy) is 1. The Labute approximate surface area is 202 Å². The second-order valence-electron chi connectivity index (χ2n) is 7.18. The molecular weight excluding hydrogens is 479 g/mol. The highest BCUT2D eigenvalue weighted by molar-refractivity contribution is 7.98. The van der Waals surface area contributed by atoms with E-state index < -0.39 is 34.3 Å². The number of thioether (sulfide) groups is 1. The largest absolute Gasteiger partial charge is 0.465 e. The summed E-state index contributed by atoms with van der Waals surface area (Å²) in [6, 6.07) is 15.9. The van der Waals surface area contributed by atoms with Crippen molar-refractivity contribution >= 4 is 45.0 Å². The number of halogens is 1. The lowest BCUT2D eigenvalue weighted by Gasteiger charge is -2.24. The van der Waals surface area contributed by atoms with E-state index in [-0.39, 0.29) is 16.1 Å². The van der Waals surface area contributed by atoms with E-state index in [0.717, 1.165) is 15.3 Å². The normalized spacial score (nSPS) is 11.1. The van der Waals surface area contributed by atoms with Gasteiger partial charge in [-0.2, -0.15) is 0 Å². The number of benzene rings is 3. The van der Waals surface area contributed by atoms with Gasteiger partial charge in [0.1, 0.15) is 12.4 Å². The lowest BCUT2D eigenvalue weighted by Crippen LogP contribution is -2.38. The number of anilines is 2. The number of amides is 1. The first-order valence-electron chi connectivity index (χ1n) is 10.1. The van der Waals surface area contributed by atoms with Crippen molar-refractivity contribution in [1.29, 1.82) is 0 Å². The molecule has 0 bridgehead atoms. The maximum atomic E-state index is 13.9. The van der Waals surface area contributed by atoms with Crippen molar-refractivity contribution in [2.24, 2.45) is 0 Å². The second kappa shape index (κ2) is 10.7. The third-order valence-electron chi connectivity index (χ3n) is 5.04. The number of esters is 1. The van der Waals surface area contributed by atoms with Crippen molar-refractivity contribution in [3.63, 3.8) is 0 Å². The molecule has 0 aliphatic carbocycles. The van der Waals surface area contributed by atoms with Gasteiger partial charge in [0, 0.05) is 10.6 Å². The number of nitrogens with zero attached hydrogens (tertiary/aromatic N) is 1. The van der Waals surface area contributed by atoms with Crippen LogP contribution < -0.4 is 9.62 Å². The molecule has 1 N–H and O–H groups in total. The SMILES string of the molecule is COC(=O)c1cccc(NC(=O)CN(c2cccc(F)c2)S(=O)(=O)c2ccc(SC)cc2)c1C. The molecule has 178 valence electrons. The van der Waals surface area contributed by atoms with Crippen molar-refractivity contribution in [1.82, 2.24) is 0 Å². The van der Waals surface area contributed by atoms with Gasteiger partial charge >= 0.3 is 5.97 Å². The molecule has 0 fully saturated rings. The van der Waals surface area contributed by atoms with E-state index in [9.17, 15) is 22.4 Å². The number of carbonyl (C=O) groups excluding carboxylic acids is 2. The minimum Gasteiger partial charge on any atom is -0.465 e. The van der Waals surface area contributed by atoms with Gasteiger partial charge in [-0.25, -0.2) is 17.6 Å². The first-order valence-corrected chi connectivity index (χ1v) is 12.7. The van der Waals surface area contributed by atoms with Crippen LogP contribution in [0.2, 0.25) is 0 Å². The quantitative estimate of drug-likeness (QED) is 0.361. The Balaban J connectivity index is 1.95. The number of hydrogen-bond donors (Lipinski definition) is 1. The van der Waals surface area contributed by atoms with Crippen LogP contribution in [-0.4, -0.2) is 40.2 Å². The van der Waals surface area contributed by atoms with Crippen LogP contribution in [0.3, 0.4) is 0 Å². The van der Waals surface area contributed by atoms with Crippen molar-refractivity contribution in [2.75, 3.05) is 29.5 Å². The van der Waals surface area contributed by atoms with Gasteiger partial charge in [-0.1, -0.05) is 12.1 Å². The molecule has 0 spiro atoms. The van der Waals surface area contributed by atoms with E-state index in [4.69, 9.17) is 4.74 Å². The molecule has 0 heterocycles. The van der Waals surface area contributed by atoms with Crippen LogP contribution in [0, 0.1) is 12.7 Å². The van der Waals surface area contributed by atoms with Crippen molar-refractivity contribution in [3.05, 3.63) is 83.7 Å². The lowest BCUT2D eigenvalue weighted by molar-refractivity contribution is -0.114. The van der Waals surface area contributed by atoms with Gasteiger partial charge in [0.15, 0.2) is 0 Å². The molecule has 3 rings (SSSR count). The van der Waals surface area contributed by atoms with Gasteiger partial charge in [-0.3, -0.25) is 9.10 Å². The molecular formula is C24H23FN2O5S2. The Kier molecular flexibility index (Phi) is 7.95. The summed E-state index contributed by atoms with van der Waals surface area (Å²) < 4.78 is 46.4. The number of sulfonamides is 1. The third-order valence-corrected chi connectivity index (χ3v) is 7.58. The number of rotatable bonds is 8. The Morgan fingerprint density at radius 1 is 1.06 bits per heavy atom. The third kappa shape index (κ3) is 5.57. The molecule has 0 unspecified atom stereocenters. The van der Waals surface area contributed by atoms with E-state index in [2.05, 4.69) is 5.32 Å². The lowest BCUT2D eigenvalue weighted by atomic mass is 10.1. The molecule has 0 saturated carbocycles. The van der Waals surface area contributed by atoms with E-state index in [1.807, 2.05) is 6.26 Å². The van der Waals surface area contributed by atoms with Crippen LogP contribution in [0.1, 0.15) is 15.9 Å². The molecule has 7 nitrogen and oxygen atoms in total. The number of hydrogen-bond acceptors (Lipinski definition) is 6. The van der Waals surface area contributed by atoms with Gasteiger partial charge in [0.05, 0.1) is 23.3 Å². The minimum atomic E-state index is -4.20. The van der Waals surface area contributed by atoms with E-state index in [0.29, 0.717) is 11.3 Å². The van der Waals surface area contributed by atoms with Gasteiger partial charge in [-0.05, 0) is 73.3 Å². The van der Waals surface area contributed by atoms with Crippen LogP contribution in [0.5, 0.6) is 0 Å². The Morgan fingerprint density at radius 3 is 2.35 bits per heavy atom. The Morgan fingerprint density at radius 2 is 1.74 bits per heavy atom. The summed E-state index contributed by atoms with van der Waals surface area (Å²) in [4.78, 5) is 25.7. The highest BCUT2D eigenvalue weighted by atomic mass is 32.2. The average Bonchev–Trinajstić information content (AvgIpc) is 2.83. The Hall–Kier alpha value is -3.37. The summed E-state index contributed by atoms with van der Waals surface area (Å²) in [5.41, 5.74) is 1.07. The zero-order valence-electron chi connectivity index (χ0n) is 18.7. The highest BCUT2D eigenvalue weighted by Gasteiger charge is 2.28. The van der Waals surface area contributed by atoms with Crippen LogP contribution >= 0.6 is 11.8 Å². The number of methoxy groups -OCH3 is 1. The molecule has 0 saturated heterocycles. The smallest absolute Gasteiger partial charge is 0.338 e. The predicted molar refractivity (Wildman–Crippen MR) is 130 cm³/mol. The maximum absolute atomic E-state index is 13.9. The molecule has 1 amide bonds. The fraction of sp³-hybridized carbons (Fsp3) is 0.167. The fourth-order valence-electron chi connectivity index (χ4n) is 3.24. The first-order chi connectivity index (χ1) is 16.2. The van der Waals surface area contributed by atoms with Crippen molar-refractivity contribution in [2.45, 2.75) is 16.7 Å². The molecule has 0 atom stereocenters. The number of carbonyl (C=O) groups is 2. The maximum Gasteiger partial charge on any atom is 0.338 e. The Bertz CT molecular complexity index is 1310. The van der Waals surface area contributed by atoms with Gasteiger partial charge in [-0.15, -0.1) is 11.8 Å². The van der Waals surface area contributed by atoms with E-state index >= 15 is 0 Å². The van der Waals surface area contributed by atoms with Crippen LogP contribution in [0.4, 0.5) is 15.8 Å². The molecule has 10 heteroatoms. The summed E-state index contributed by atoms with van der Waals surface area (Å²) >= 11 is 1.46. The standard InChI is InChI=1S/C24H23FN2O5S2/c1-16-21(24(29)32-2)8-5-9-22(16)26-23(28)15-27(18-7-4-6-17(25)14-18)34(30,31)20-12-10-19(33-3)11-13-20/h4-14H,15H2,1-3H3,(H,26,28). The molecule has 0 radical (unpaired) electrons. The zero-order valence-corrected chi connectivity index (χ0v) is 20.4. The average molecular weight is 503 g/mol. The monoisotopic (exact) mass is 502 g/mol. The molecule has 34 heavy (non-hydrogen) atoms. The number of nitrogens with one attached hydrogen (secondary N) is 1. The van der Waals surface area contributed by atoms with E-state index in [1.54, 1.807) is 37.3 Å². The van der Waals surface area contributed by atoms with Crippen molar-refractivity contribution < 1.29 is 27.1 Å². The first kappa shape index (κ1) is 25.3. The van der Waals surface area contributed by atoms with Crippen LogP contribution in [0.25, 0.3) is 0 Å². The highest BCUT2D eigenvalue weighted by Crippen LogP contribution is 2.26. The molecule has 0 aromatic heterocycles. The predicted octanol–water partition coefficient (Wildman–Crippen LogP) is 4.48. The fourth-order valence-corrected chi connectivity index (χ4v) is 5.06. The zero-order chi connectivity index (χ0) is 24.9. The summed E-state index contributed by atoms with van der Waals surface area (Å²) in [6.45, 7) is 1.02. The summed E-state index contributed by atoms with van der Waals surface area (Å²) in [5.74, 6) is -1.87. The topological polar surface area (TPSA) is 92.8 Å². The van der Waals surface area contributed by atoms with Crippen LogP contribution in [0.15, 0.2) is 76.5 Å². The summed E-state index contributed by atoms with van der Waals surface area (Å²) in [6.07, 6.45) is 1.87. The molecule has 3 aromatic rings. The summed E-state index contributed by atoms with van der Waals surface area (Å²) in [5, 5.41) is 2.64. The molecule has 0 aliphatic rings. The van der Waals surface area contributed by atoms with Gasteiger partial charge < -0.3 is 10.1 Å². The second-order valence-corrected chi connectivity index (χ2v) is 9.93. The van der Waals surface area contributed by atoms with Gasteiger partial charge in [0.25, 0.3) is 10.0 Å². The van der Waals surface area contributed by atoms with Crippen molar-refractivity contribution in [3.8, 4) is 0 Å².